The predicted octanol–water partition coefficient (Wildman–Crippen LogP) is 3.09. The van der Waals surface area contributed by atoms with E-state index in [1.807, 2.05) is 24.4 Å². The van der Waals surface area contributed by atoms with Gasteiger partial charge in [-0.15, -0.1) is 11.3 Å². The van der Waals surface area contributed by atoms with Gasteiger partial charge < -0.3 is 15.2 Å². The van der Waals surface area contributed by atoms with E-state index in [-0.39, 0.29) is 11.9 Å². The number of carbonyl (C=O) groups is 2. The molecule has 2 N–H and O–H groups in total. The van der Waals surface area contributed by atoms with Crippen molar-refractivity contribution in [2.24, 2.45) is 0 Å². The molecule has 0 saturated heterocycles. The van der Waals surface area contributed by atoms with Crippen LogP contribution >= 0.6 is 11.3 Å². The number of thiophene rings is 1. The quantitative estimate of drug-likeness (QED) is 0.822. The number of carboxylic acids is 1. The minimum atomic E-state index is -1.06. The molecular formula is C16H17NO4S. The predicted molar refractivity (Wildman–Crippen MR) is 84.4 cm³/mol. The van der Waals surface area contributed by atoms with E-state index in [4.69, 9.17) is 9.84 Å². The summed E-state index contributed by atoms with van der Waals surface area (Å²) >= 11 is 1.60. The van der Waals surface area contributed by atoms with Crippen molar-refractivity contribution in [1.82, 2.24) is 5.32 Å². The van der Waals surface area contributed by atoms with Crippen LogP contribution in [-0.4, -0.2) is 23.6 Å². The summed E-state index contributed by atoms with van der Waals surface area (Å²) in [5, 5.41) is 13.6. The zero-order valence-corrected chi connectivity index (χ0v) is 12.9. The van der Waals surface area contributed by atoms with Gasteiger partial charge in [-0.3, -0.25) is 4.79 Å². The Morgan fingerprint density at radius 3 is 2.77 bits per heavy atom. The van der Waals surface area contributed by atoms with Crippen molar-refractivity contribution in [3.05, 3.63) is 52.2 Å². The molecule has 1 aromatic carbocycles. The highest BCUT2D eigenvalue weighted by Crippen LogP contribution is 2.22. The first-order valence-corrected chi connectivity index (χ1v) is 7.77. The largest absolute Gasteiger partial charge is 0.482 e. The van der Waals surface area contributed by atoms with Gasteiger partial charge in [-0.05, 0) is 36.1 Å². The highest BCUT2D eigenvalue weighted by Gasteiger charge is 2.15. The number of benzene rings is 1. The van der Waals surface area contributed by atoms with Gasteiger partial charge in [-0.25, -0.2) is 4.79 Å². The number of nitrogens with one attached hydrogen (secondary N) is 1. The molecule has 0 fully saturated rings. The van der Waals surface area contributed by atoms with E-state index < -0.39 is 12.6 Å². The zero-order valence-electron chi connectivity index (χ0n) is 12.1. The van der Waals surface area contributed by atoms with Crippen LogP contribution in [0, 0.1) is 0 Å². The van der Waals surface area contributed by atoms with Gasteiger partial charge in [0.25, 0.3) is 5.91 Å². The van der Waals surface area contributed by atoms with Gasteiger partial charge >= 0.3 is 5.97 Å². The molecule has 22 heavy (non-hydrogen) atoms. The highest BCUT2D eigenvalue weighted by molar-refractivity contribution is 7.10. The lowest BCUT2D eigenvalue weighted by Crippen LogP contribution is -2.27. The van der Waals surface area contributed by atoms with E-state index in [1.54, 1.807) is 35.6 Å². The van der Waals surface area contributed by atoms with Crippen molar-refractivity contribution in [3.8, 4) is 5.75 Å². The van der Waals surface area contributed by atoms with E-state index in [2.05, 4.69) is 5.32 Å². The SMILES string of the molecule is CCC(NC(=O)c1cccc(OCC(=O)O)c1)c1cccs1. The van der Waals surface area contributed by atoms with Crippen LogP contribution in [0.5, 0.6) is 5.75 Å². The maximum absolute atomic E-state index is 12.3. The summed E-state index contributed by atoms with van der Waals surface area (Å²) in [6, 6.07) is 10.4. The number of amides is 1. The van der Waals surface area contributed by atoms with Gasteiger partial charge in [-0.2, -0.15) is 0 Å². The van der Waals surface area contributed by atoms with Crippen LogP contribution in [-0.2, 0) is 4.79 Å². The Morgan fingerprint density at radius 2 is 2.14 bits per heavy atom. The van der Waals surface area contributed by atoms with E-state index in [9.17, 15) is 9.59 Å². The molecule has 0 bridgehead atoms. The Morgan fingerprint density at radius 1 is 1.32 bits per heavy atom. The Hall–Kier alpha value is -2.34. The lowest BCUT2D eigenvalue weighted by Gasteiger charge is -2.15. The van der Waals surface area contributed by atoms with Crippen molar-refractivity contribution >= 4 is 23.2 Å². The monoisotopic (exact) mass is 319 g/mol. The van der Waals surface area contributed by atoms with Crippen LogP contribution in [0.15, 0.2) is 41.8 Å². The first-order chi connectivity index (χ1) is 10.6. The normalized spacial score (nSPS) is 11.7. The zero-order chi connectivity index (χ0) is 15.9. The van der Waals surface area contributed by atoms with Crippen LogP contribution in [0.1, 0.15) is 34.6 Å². The summed E-state index contributed by atoms with van der Waals surface area (Å²) < 4.78 is 5.08. The van der Waals surface area contributed by atoms with E-state index >= 15 is 0 Å². The molecular weight excluding hydrogens is 302 g/mol. The summed E-state index contributed by atoms with van der Waals surface area (Å²) in [7, 11) is 0. The number of hydrogen-bond donors (Lipinski definition) is 2. The number of carboxylic acid groups (broad SMARTS) is 1. The molecule has 0 radical (unpaired) electrons. The maximum atomic E-state index is 12.3. The van der Waals surface area contributed by atoms with Crippen LogP contribution in [0.4, 0.5) is 0 Å². The summed E-state index contributed by atoms with van der Waals surface area (Å²) in [6.07, 6.45) is 0.793. The molecule has 1 heterocycles. The van der Waals surface area contributed by atoms with Gasteiger partial charge in [-0.1, -0.05) is 19.1 Å². The molecule has 0 saturated carbocycles. The fraction of sp³-hybridized carbons (Fsp3) is 0.250. The third-order valence-electron chi connectivity index (χ3n) is 3.06. The molecule has 0 aliphatic heterocycles. The molecule has 2 aromatic rings. The molecule has 0 spiro atoms. The van der Waals surface area contributed by atoms with Crippen molar-refractivity contribution < 1.29 is 19.4 Å². The van der Waals surface area contributed by atoms with Crippen molar-refractivity contribution in [2.75, 3.05) is 6.61 Å². The van der Waals surface area contributed by atoms with Crippen LogP contribution < -0.4 is 10.1 Å². The highest BCUT2D eigenvalue weighted by atomic mass is 32.1. The number of rotatable bonds is 7. The number of aliphatic carboxylic acids is 1. The summed E-state index contributed by atoms with van der Waals surface area (Å²) in [5.41, 5.74) is 0.442. The van der Waals surface area contributed by atoms with E-state index in [0.29, 0.717) is 11.3 Å². The fourth-order valence-corrected chi connectivity index (χ4v) is 2.84. The number of hydrogen-bond acceptors (Lipinski definition) is 4. The summed E-state index contributed by atoms with van der Waals surface area (Å²) in [5.74, 6) is -0.904. The molecule has 1 aromatic heterocycles. The lowest BCUT2D eigenvalue weighted by molar-refractivity contribution is -0.139. The Labute approximate surface area is 132 Å². The third-order valence-corrected chi connectivity index (χ3v) is 4.04. The van der Waals surface area contributed by atoms with Crippen molar-refractivity contribution in [1.29, 1.82) is 0 Å². The molecule has 5 nitrogen and oxygen atoms in total. The minimum Gasteiger partial charge on any atom is -0.482 e. The van der Waals surface area contributed by atoms with Crippen molar-refractivity contribution in [3.63, 3.8) is 0 Å². The molecule has 6 heteroatoms. The van der Waals surface area contributed by atoms with Crippen LogP contribution in [0.2, 0.25) is 0 Å². The second-order valence-corrected chi connectivity index (χ2v) is 5.64. The van der Waals surface area contributed by atoms with Gasteiger partial charge in [0.05, 0.1) is 6.04 Å². The smallest absolute Gasteiger partial charge is 0.341 e. The van der Waals surface area contributed by atoms with Crippen LogP contribution in [0.3, 0.4) is 0 Å². The number of carbonyl (C=O) groups excluding carboxylic acids is 1. The van der Waals surface area contributed by atoms with Gasteiger partial charge in [0, 0.05) is 10.4 Å². The molecule has 1 unspecified atom stereocenters. The van der Waals surface area contributed by atoms with Gasteiger partial charge in [0.1, 0.15) is 5.75 Å². The molecule has 116 valence electrons. The van der Waals surface area contributed by atoms with Crippen LogP contribution in [0.25, 0.3) is 0 Å². The first-order valence-electron chi connectivity index (χ1n) is 6.89. The van der Waals surface area contributed by atoms with Crippen molar-refractivity contribution in [2.45, 2.75) is 19.4 Å². The Balaban J connectivity index is 2.05. The summed E-state index contributed by atoms with van der Waals surface area (Å²) in [6.45, 7) is 1.58. The molecule has 1 atom stereocenters. The molecule has 0 aliphatic rings. The van der Waals surface area contributed by atoms with E-state index in [1.165, 1.54) is 0 Å². The average Bonchev–Trinajstić information content (AvgIpc) is 3.05. The molecule has 2 rings (SSSR count). The standard InChI is InChI=1S/C16H17NO4S/c1-2-13(14-7-4-8-22-14)17-16(20)11-5-3-6-12(9-11)21-10-15(18)19/h3-9,13H,2,10H2,1H3,(H,17,20)(H,18,19). The fourth-order valence-electron chi connectivity index (χ4n) is 1.98. The number of ether oxygens (including phenoxy) is 1. The third kappa shape index (κ3) is 4.33. The minimum absolute atomic E-state index is 0.0314. The summed E-state index contributed by atoms with van der Waals surface area (Å²) in [4.78, 5) is 23.9. The Bertz CT molecular complexity index is 639. The van der Waals surface area contributed by atoms with E-state index in [0.717, 1.165) is 11.3 Å². The average molecular weight is 319 g/mol. The Kier molecular flexibility index (Phi) is 5.55. The maximum Gasteiger partial charge on any atom is 0.341 e. The van der Waals surface area contributed by atoms with Gasteiger partial charge in [0.2, 0.25) is 0 Å². The van der Waals surface area contributed by atoms with Gasteiger partial charge in [0.15, 0.2) is 6.61 Å². The lowest BCUT2D eigenvalue weighted by atomic mass is 10.1. The molecule has 1 amide bonds. The molecule has 0 aliphatic carbocycles. The second-order valence-electron chi connectivity index (χ2n) is 4.66. The second kappa shape index (κ2) is 7.61. The first kappa shape index (κ1) is 16.0. The topological polar surface area (TPSA) is 75.6 Å².